The quantitative estimate of drug-likeness (QED) is 0.574. The molecule has 2 saturated heterocycles. The SMILES string of the molecule is COc1ccc(S(=O)(=O)N2CCOCC2)cc1C(=O)N1CCC2(CCCCc3ccccc3OCCCNC2=O)CC1. The maximum absolute atomic E-state index is 13.8. The Balaban J connectivity index is 1.29. The van der Waals surface area contributed by atoms with Gasteiger partial charge in [0.2, 0.25) is 15.9 Å². The smallest absolute Gasteiger partial charge is 0.257 e. The maximum atomic E-state index is 13.8. The molecule has 2 aromatic rings. The molecule has 2 fully saturated rings. The van der Waals surface area contributed by atoms with E-state index < -0.39 is 15.4 Å². The Morgan fingerprint density at radius 1 is 0.952 bits per heavy atom. The summed E-state index contributed by atoms with van der Waals surface area (Å²) in [4.78, 5) is 29.0. The summed E-state index contributed by atoms with van der Waals surface area (Å²) < 4.78 is 44.7. The summed E-state index contributed by atoms with van der Waals surface area (Å²) in [6.07, 6.45) is 5.29. The van der Waals surface area contributed by atoms with E-state index in [1.54, 1.807) is 4.90 Å². The molecule has 5 rings (SSSR count). The van der Waals surface area contributed by atoms with E-state index in [2.05, 4.69) is 11.4 Å². The fraction of sp³-hybridized carbons (Fsp3) is 0.548. The van der Waals surface area contributed by atoms with E-state index in [1.165, 1.54) is 35.2 Å². The fourth-order valence-corrected chi connectivity index (χ4v) is 7.56. The number of aryl methyl sites for hydroxylation is 1. The molecular weight excluding hydrogens is 558 g/mol. The lowest BCUT2D eigenvalue weighted by Gasteiger charge is -2.41. The first-order chi connectivity index (χ1) is 20.3. The van der Waals surface area contributed by atoms with E-state index >= 15 is 0 Å². The third kappa shape index (κ3) is 6.58. The number of piperidine rings is 1. The summed E-state index contributed by atoms with van der Waals surface area (Å²) in [6.45, 7) is 3.10. The van der Waals surface area contributed by atoms with Crippen LogP contribution in [0.5, 0.6) is 11.5 Å². The van der Waals surface area contributed by atoms with E-state index in [-0.39, 0.29) is 35.4 Å². The van der Waals surface area contributed by atoms with Crippen molar-refractivity contribution in [2.45, 2.75) is 49.8 Å². The van der Waals surface area contributed by atoms with E-state index in [1.807, 2.05) is 18.2 Å². The van der Waals surface area contributed by atoms with Crippen LogP contribution in [-0.2, 0) is 26.0 Å². The van der Waals surface area contributed by atoms with E-state index in [0.29, 0.717) is 64.5 Å². The van der Waals surface area contributed by atoms with Crippen molar-refractivity contribution in [3.05, 3.63) is 53.6 Å². The number of methoxy groups -OCH3 is 1. The molecule has 0 bridgehead atoms. The van der Waals surface area contributed by atoms with Crippen LogP contribution in [-0.4, -0.2) is 89.1 Å². The molecule has 1 N–H and O–H groups in total. The lowest BCUT2D eigenvalue weighted by atomic mass is 9.73. The molecule has 10 nitrogen and oxygen atoms in total. The highest BCUT2D eigenvalue weighted by atomic mass is 32.2. The molecule has 0 radical (unpaired) electrons. The normalized spacial score (nSPS) is 20.7. The second-order valence-corrected chi connectivity index (χ2v) is 13.2. The molecule has 0 aliphatic carbocycles. The van der Waals surface area contributed by atoms with Gasteiger partial charge in [-0.1, -0.05) is 24.6 Å². The number of carbonyl (C=O) groups is 2. The van der Waals surface area contributed by atoms with Gasteiger partial charge in [0.1, 0.15) is 11.5 Å². The van der Waals surface area contributed by atoms with Crippen molar-refractivity contribution in [3.8, 4) is 11.5 Å². The number of para-hydroxylation sites is 1. The number of hydrogen-bond acceptors (Lipinski definition) is 7. The van der Waals surface area contributed by atoms with Crippen LogP contribution >= 0.6 is 0 Å². The highest BCUT2D eigenvalue weighted by molar-refractivity contribution is 7.89. The minimum atomic E-state index is -3.78. The van der Waals surface area contributed by atoms with Crippen LogP contribution in [0.4, 0.5) is 0 Å². The molecule has 3 heterocycles. The van der Waals surface area contributed by atoms with Crippen molar-refractivity contribution in [1.29, 1.82) is 0 Å². The van der Waals surface area contributed by atoms with Crippen LogP contribution < -0.4 is 14.8 Å². The molecule has 0 saturated carbocycles. The fourth-order valence-electron chi connectivity index (χ4n) is 6.12. The molecule has 228 valence electrons. The van der Waals surface area contributed by atoms with Crippen molar-refractivity contribution in [1.82, 2.24) is 14.5 Å². The number of likely N-dealkylation sites (tertiary alicyclic amines) is 1. The van der Waals surface area contributed by atoms with Crippen molar-refractivity contribution >= 4 is 21.8 Å². The van der Waals surface area contributed by atoms with Crippen LogP contribution in [0.3, 0.4) is 0 Å². The van der Waals surface area contributed by atoms with Gasteiger partial charge in [-0.3, -0.25) is 9.59 Å². The van der Waals surface area contributed by atoms with Crippen LogP contribution in [0.25, 0.3) is 0 Å². The summed E-state index contributed by atoms with van der Waals surface area (Å²) in [5.74, 6) is 0.993. The van der Waals surface area contributed by atoms with Gasteiger partial charge >= 0.3 is 0 Å². The van der Waals surface area contributed by atoms with Gasteiger partial charge in [0.25, 0.3) is 5.91 Å². The van der Waals surface area contributed by atoms with Gasteiger partial charge < -0.3 is 24.4 Å². The zero-order valence-corrected chi connectivity index (χ0v) is 25.1. The Morgan fingerprint density at radius 3 is 2.48 bits per heavy atom. The average molecular weight is 600 g/mol. The third-order valence-electron chi connectivity index (χ3n) is 8.69. The molecule has 3 aliphatic heterocycles. The minimum Gasteiger partial charge on any atom is -0.496 e. The third-order valence-corrected chi connectivity index (χ3v) is 10.6. The Morgan fingerprint density at radius 2 is 1.71 bits per heavy atom. The van der Waals surface area contributed by atoms with Gasteiger partial charge in [0.15, 0.2) is 0 Å². The zero-order chi connectivity index (χ0) is 29.6. The van der Waals surface area contributed by atoms with Crippen LogP contribution in [0, 0.1) is 5.41 Å². The molecule has 2 aromatic carbocycles. The summed E-state index contributed by atoms with van der Waals surface area (Å²) in [5, 5.41) is 3.13. The Hall–Kier alpha value is -3.15. The molecule has 3 aliphatic rings. The topological polar surface area (TPSA) is 114 Å². The monoisotopic (exact) mass is 599 g/mol. The summed E-state index contributed by atoms with van der Waals surface area (Å²) in [5.41, 5.74) is 0.856. The number of ether oxygens (including phenoxy) is 3. The zero-order valence-electron chi connectivity index (χ0n) is 24.3. The highest BCUT2D eigenvalue weighted by Gasteiger charge is 2.42. The molecule has 0 atom stereocenters. The predicted octanol–water partition coefficient (Wildman–Crippen LogP) is 3.25. The molecule has 0 aromatic heterocycles. The van der Waals surface area contributed by atoms with E-state index in [9.17, 15) is 18.0 Å². The van der Waals surface area contributed by atoms with Crippen molar-refractivity contribution in [2.75, 3.05) is 59.7 Å². The molecule has 42 heavy (non-hydrogen) atoms. The van der Waals surface area contributed by atoms with Crippen LogP contribution in [0.1, 0.15) is 54.4 Å². The van der Waals surface area contributed by atoms with Gasteiger partial charge in [0.05, 0.1) is 42.8 Å². The molecular formula is C31H41N3O7S. The minimum absolute atomic E-state index is 0.0440. The Labute approximate surface area is 248 Å². The number of benzene rings is 2. The van der Waals surface area contributed by atoms with Gasteiger partial charge in [0, 0.05) is 32.7 Å². The molecule has 2 amide bonds. The number of sulfonamides is 1. The van der Waals surface area contributed by atoms with Crippen molar-refractivity contribution in [2.24, 2.45) is 5.41 Å². The summed E-state index contributed by atoms with van der Waals surface area (Å²) in [6, 6.07) is 12.6. The molecule has 1 spiro atoms. The highest BCUT2D eigenvalue weighted by Crippen LogP contribution is 2.39. The van der Waals surface area contributed by atoms with Gasteiger partial charge in [-0.2, -0.15) is 4.31 Å². The number of carbonyl (C=O) groups excluding carboxylic acids is 2. The van der Waals surface area contributed by atoms with Crippen molar-refractivity contribution < 1.29 is 32.2 Å². The Bertz CT molecular complexity index is 1370. The number of morpholine rings is 1. The van der Waals surface area contributed by atoms with Crippen LogP contribution in [0.2, 0.25) is 0 Å². The number of nitrogens with one attached hydrogen (secondary N) is 1. The summed E-state index contributed by atoms with van der Waals surface area (Å²) in [7, 11) is -2.31. The number of amides is 2. The second-order valence-electron chi connectivity index (χ2n) is 11.2. The Kier molecular flexibility index (Phi) is 9.70. The molecule has 11 heteroatoms. The van der Waals surface area contributed by atoms with Gasteiger partial charge in [-0.25, -0.2) is 8.42 Å². The first-order valence-corrected chi connectivity index (χ1v) is 16.3. The summed E-state index contributed by atoms with van der Waals surface area (Å²) >= 11 is 0. The average Bonchev–Trinajstić information content (AvgIpc) is 3.04. The largest absolute Gasteiger partial charge is 0.496 e. The van der Waals surface area contributed by atoms with E-state index in [4.69, 9.17) is 14.2 Å². The standard InChI is InChI=1S/C31H41N3O7S/c1-39-28-11-10-25(42(37,38)34-18-21-40-22-19-34)23-26(28)29(35)33-16-13-31(14-17-33)12-5-4-8-24-7-2-3-9-27(24)41-20-6-15-32-30(31)36/h2-3,7,9-11,23H,4-6,8,12-22H2,1H3,(H,32,36). The number of rotatable bonds is 4. The predicted molar refractivity (Wildman–Crippen MR) is 157 cm³/mol. The lowest BCUT2D eigenvalue weighted by molar-refractivity contribution is -0.134. The maximum Gasteiger partial charge on any atom is 0.257 e. The number of hydrogen-bond donors (Lipinski definition) is 1. The van der Waals surface area contributed by atoms with Gasteiger partial charge in [-0.05, 0) is 68.4 Å². The number of fused-ring (bicyclic) bond motifs is 1. The first kappa shape index (κ1) is 30.3. The van der Waals surface area contributed by atoms with Crippen molar-refractivity contribution in [3.63, 3.8) is 0 Å². The number of nitrogens with zero attached hydrogens (tertiary/aromatic N) is 2. The first-order valence-electron chi connectivity index (χ1n) is 14.9. The molecule has 0 unspecified atom stereocenters. The van der Waals surface area contributed by atoms with Gasteiger partial charge in [-0.15, -0.1) is 0 Å². The second kappa shape index (κ2) is 13.4. The van der Waals surface area contributed by atoms with Crippen LogP contribution in [0.15, 0.2) is 47.4 Å². The van der Waals surface area contributed by atoms with E-state index in [0.717, 1.165) is 31.4 Å². The lowest BCUT2D eigenvalue weighted by Crippen LogP contribution is -2.50.